The predicted octanol–water partition coefficient (Wildman–Crippen LogP) is 3.11. The minimum atomic E-state index is 0.448. The van der Waals surface area contributed by atoms with E-state index in [0.717, 1.165) is 30.1 Å². The minimum Gasteiger partial charge on any atom is -0.373 e. The van der Waals surface area contributed by atoms with Gasteiger partial charge in [-0.05, 0) is 6.42 Å². The molecule has 4 nitrogen and oxygen atoms in total. The van der Waals surface area contributed by atoms with E-state index in [9.17, 15) is 0 Å². The van der Waals surface area contributed by atoms with Crippen LogP contribution < -0.4 is 5.32 Å². The molecule has 100 valence electrons. The zero-order chi connectivity index (χ0) is 13.5. The van der Waals surface area contributed by atoms with Crippen molar-refractivity contribution in [1.29, 1.82) is 0 Å². The van der Waals surface area contributed by atoms with Gasteiger partial charge in [-0.25, -0.2) is 9.97 Å². The standard InChI is InChI=1S/C15H19N3O/c1-3-9-19-11-15-17-13(10-14(16-2)18-15)12-7-5-4-6-8-12/h4-8,10H,3,9,11H2,1-2H3,(H,16,17,18). The number of nitrogens with one attached hydrogen (secondary N) is 1. The van der Waals surface area contributed by atoms with Gasteiger partial charge in [0.1, 0.15) is 12.4 Å². The molecule has 0 fully saturated rings. The van der Waals surface area contributed by atoms with Crippen LogP contribution in [0.25, 0.3) is 11.3 Å². The molecule has 0 atom stereocenters. The highest BCUT2D eigenvalue weighted by molar-refractivity contribution is 5.62. The number of hydrogen-bond acceptors (Lipinski definition) is 4. The molecule has 0 saturated carbocycles. The predicted molar refractivity (Wildman–Crippen MR) is 77.0 cm³/mol. The molecule has 0 bridgehead atoms. The first kappa shape index (κ1) is 13.5. The molecule has 0 aliphatic rings. The van der Waals surface area contributed by atoms with Crippen LogP contribution in [0, 0.1) is 0 Å². The highest BCUT2D eigenvalue weighted by atomic mass is 16.5. The number of rotatable bonds is 6. The Morgan fingerprint density at radius 3 is 2.63 bits per heavy atom. The zero-order valence-electron chi connectivity index (χ0n) is 11.4. The summed E-state index contributed by atoms with van der Waals surface area (Å²) in [4.78, 5) is 8.95. The first-order chi connectivity index (χ1) is 9.33. The van der Waals surface area contributed by atoms with Crippen LogP contribution >= 0.6 is 0 Å². The normalized spacial score (nSPS) is 10.4. The summed E-state index contributed by atoms with van der Waals surface area (Å²) in [6.45, 7) is 3.26. The van der Waals surface area contributed by atoms with Crippen molar-refractivity contribution >= 4 is 5.82 Å². The van der Waals surface area contributed by atoms with Gasteiger partial charge in [0.2, 0.25) is 0 Å². The second-order valence-corrected chi connectivity index (χ2v) is 4.22. The number of hydrogen-bond donors (Lipinski definition) is 1. The summed E-state index contributed by atoms with van der Waals surface area (Å²) in [6.07, 6.45) is 0.997. The number of ether oxygens (including phenoxy) is 1. The van der Waals surface area contributed by atoms with Crippen molar-refractivity contribution in [2.75, 3.05) is 19.0 Å². The Morgan fingerprint density at radius 2 is 1.95 bits per heavy atom. The van der Waals surface area contributed by atoms with E-state index in [1.54, 1.807) is 0 Å². The molecule has 2 rings (SSSR count). The first-order valence-corrected chi connectivity index (χ1v) is 6.52. The Labute approximate surface area is 113 Å². The van der Waals surface area contributed by atoms with E-state index in [-0.39, 0.29) is 0 Å². The number of nitrogens with zero attached hydrogens (tertiary/aromatic N) is 2. The van der Waals surface area contributed by atoms with Crippen molar-refractivity contribution in [1.82, 2.24) is 9.97 Å². The maximum Gasteiger partial charge on any atom is 0.157 e. The van der Waals surface area contributed by atoms with Crippen molar-refractivity contribution in [3.8, 4) is 11.3 Å². The highest BCUT2D eigenvalue weighted by Crippen LogP contribution is 2.19. The molecule has 0 unspecified atom stereocenters. The molecule has 0 spiro atoms. The lowest BCUT2D eigenvalue weighted by Crippen LogP contribution is -2.04. The van der Waals surface area contributed by atoms with Gasteiger partial charge in [-0.15, -0.1) is 0 Å². The Kier molecular flexibility index (Phi) is 4.86. The third-order valence-electron chi connectivity index (χ3n) is 2.68. The summed E-state index contributed by atoms with van der Waals surface area (Å²) in [5, 5.41) is 3.06. The number of benzene rings is 1. The van der Waals surface area contributed by atoms with E-state index in [0.29, 0.717) is 12.4 Å². The summed E-state index contributed by atoms with van der Waals surface area (Å²) in [5.74, 6) is 1.52. The first-order valence-electron chi connectivity index (χ1n) is 6.52. The second-order valence-electron chi connectivity index (χ2n) is 4.22. The Bertz CT molecular complexity index is 514. The van der Waals surface area contributed by atoms with Crippen LogP contribution in [0.2, 0.25) is 0 Å². The van der Waals surface area contributed by atoms with Gasteiger partial charge in [0, 0.05) is 25.3 Å². The minimum absolute atomic E-state index is 0.448. The van der Waals surface area contributed by atoms with Crippen LogP contribution in [0.15, 0.2) is 36.4 Å². The molecule has 0 saturated heterocycles. The molecule has 19 heavy (non-hydrogen) atoms. The van der Waals surface area contributed by atoms with Crippen LogP contribution in [-0.4, -0.2) is 23.6 Å². The lowest BCUT2D eigenvalue weighted by atomic mass is 10.1. The van der Waals surface area contributed by atoms with Crippen LogP contribution in [0.1, 0.15) is 19.2 Å². The lowest BCUT2D eigenvalue weighted by molar-refractivity contribution is 0.116. The lowest BCUT2D eigenvalue weighted by Gasteiger charge is -2.08. The highest BCUT2D eigenvalue weighted by Gasteiger charge is 2.05. The van der Waals surface area contributed by atoms with Crippen LogP contribution in [0.4, 0.5) is 5.82 Å². The number of anilines is 1. The Balaban J connectivity index is 2.26. The number of aromatic nitrogens is 2. The fraction of sp³-hybridized carbons (Fsp3) is 0.333. The van der Waals surface area contributed by atoms with Crippen molar-refractivity contribution < 1.29 is 4.74 Å². The van der Waals surface area contributed by atoms with E-state index in [4.69, 9.17) is 4.74 Å². The van der Waals surface area contributed by atoms with Crippen molar-refractivity contribution in [3.05, 3.63) is 42.2 Å². The average molecular weight is 257 g/mol. The van der Waals surface area contributed by atoms with Gasteiger partial charge in [-0.3, -0.25) is 0 Å². The smallest absolute Gasteiger partial charge is 0.157 e. The molecular weight excluding hydrogens is 238 g/mol. The third kappa shape index (κ3) is 3.76. The van der Waals surface area contributed by atoms with Gasteiger partial charge in [0.05, 0.1) is 5.69 Å². The van der Waals surface area contributed by atoms with E-state index in [1.165, 1.54) is 0 Å². The molecule has 1 aromatic carbocycles. The summed E-state index contributed by atoms with van der Waals surface area (Å²) in [5.41, 5.74) is 1.99. The maximum atomic E-state index is 5.51. The molecule has 2 aromatic rings. The molecule has 4 heteroatoms. The van der Waals surface area contributed by atoms with Gasteiger partial charge < -0.3 is 10.1 Å². The fourth-order valence-electron chi connectivity index (χ4n) is 1.75. The van der Waals surface area contributed by atoms with E-state index in [1.807, 2.05) is 43.4 Å². The van der Waals surface area contributed by atoms with Gasteiger partial charge >= 0.3 is 0 Å². The zero-order valence-corrected chi connectivity index (χ0v) is 11.4. The van der Waals surface area contributed by atoms with Gasteiger partial charge in [0.15, 0.2) is 5.82 Å². The summed E-state index contributed by atoms with van der Waals surface area (Å²) >= 11 is 0. The average Bonchev–Trinajstić information content (AvgIpc) is 2.48. The summed E-state index contributed by atoms with van der Waals surface area (Å²) < 4.78 is 5.51. The van der Waals surface area contributed by atoms with Gasteiger partial charge in [0.25, 0.3) is 0 Å². The Hall–Kier alpha value is -1.94. The molecule has 1 heterocycles. The SMILES string of the molecule is CCCOCc1nc(NC)cc(-c2ccccc2)n1. The quantitative estimate of drug-likeness (QED) is 0.808. The maximum absolute atomic E-state index is 5.51. The molecule has 0 amide bonds. The second kappa shape index (κ2) is 6.85. The van der Waals surface area contributed by atoms with Crippen LogP contribution in [0.5, 0.6) is 0 Å². The van der Waals surface area contributed by atoms with Crippen molar-refractivity contribution in [3.63, 3.8) is 0 Å². The molecule has 1 aromatic heterocycles. The van der Waals surface area contributed by atoms with Crippen LogP contribution in [-0.2, 0) is 11.3 Å². The van der Waals surface area contributed by atoms with Crippen molar-refractivity contribution in [2.45, 2.75) is 20.0 Å². The monoisotopic (exact) mass is 257 g/mol. The van der Waals surface area contributed by atoms with Gasteiger partial charge in [-0.2, -0.15) is 0 Å². The van der Waals surface area contributed by atoms with E-state index in [2.05, 4.69) is 22.2 Å². The Morgan fingerprint density at radius 1 is 1.16 bits per heavy atom. The van der Waals surface area contributed by atoms with E-state index >= 15 is 0 Å². The summed E-state index contributed by atoms with van der Waals surface area (Å²) in [7, 11) is 1.85. The fourth-order valence-corrected chi connectivity index (χ4v) is 1.75. The molecule has 0 radical (unpaired) electrons. The molecule has 0 aliphatic heterocycles. The van der Waals surface area contributed by atoms with Gasteiger partial charge in [-0.1, -0.05) is 37.3 Å². The van der Waals surface area contributed by atoms with Crippen LogP contribution in [0.3, 0.4) is 0 Å². The summed E-state index contributed by atoms with van der Waals surface area (Å²) in [6, 6.07) is 12.0. The topological polar surface area (TPSA) is 47.0 Å². The van der Waals surface area contributed by atoms with Crippen molar-refractivity contribution in [2.24, 2.45) is 0 Å². The molecular formula is C15H19N3O. The van der Waals surface area contributed by atoms with E-state index < -0.39 is 0 Å². The largest absolute Gasteiger partial charge is 0.373 e. The molecule has 0 aliphatic carbocycles. The molecule has 1 N–H and O–H groups in total. The third-order valence-corrected chi connectivity index (χ3v) is 2.68.